The van der Waals surface area contributed by atoms with Gasteiger partial charge in [0.2, 0.25) is 0 Å². The maximum absolute atomic E-state index is 11.1. The molecule has 0 aromatic heterocycles. The Bertz CT molecular complexity index is 497. The molecular formula is C15H17BrO4. The summed E-state index contributed by atoms with van der Waals surface area (Å²) < 4.78 is 18.2. The zero-order valence-electron chi connectivity index (χ0n) is 11.1. The molecular weight excluding hydrogens is 324 g/mol. The van der Waals surface area contributed by atoms with Crippen LogP contribution in [0.15, 0.2) is 22.7 Å². The van der Waals surface area contributed by atoms with Crippen LogP contribution in [0.3, 0.4) is 0 Å². The molecule has 0 aliphatic carbocycles. The molecule has 4 nitrogen and oxygen atoms in total. The SMILES string of the molecule is O=Cc1cc(Br)ccc1OC1CCOC2(CCOC2)C1. The zero-order chi connectivity index (χ0) is 14.0. The normalized spacial score (nSPS) is 29.6. The van der Waals surface area contributed by atoms with Gasteiger partial charge in [0, 0.05) is 30.3 Å². The minimum Gasteiger partial charge on any atom is -0.489 e. The second-order valence-electron chi connectivity index (χ2n) is 5.37. The van der Waals surface area contributed by atoms with Crippen LogP contribution in [0.5, 0.6) is 5.75 Å². The predicted molar refractivity (Wildman–Crippen MR) is 77.3 cm³/mol. The highest BCUT2D eigenvalue weighted by molar-refractivity contribution is 9.10. The lowest BCUT2D eigenvalue weighted by molar-refractivity contribution is -0.112. The maximum Gasteiger partial charge on any atom is 0.153 e. The molecule has 2 aliphatic rings. The van der Waals surface area contributed by atoms with E-state index in [1.165, 1.54) is 0 Å². The van der Waals surface area contributed by atoms with Gasteiger partial charge < -0.3 is 14.2 Å². The van der Waals surface area contributed by atoms with Crippen LogP contribution >= 0.6 is 15.9 Å². The maximum atomic E-state index is 11.1. The molecule has 0 N–H and O–H groups in total. The van der Waals surface area contributed by atoms with E-state index in [0.717, 1.165) is 36.6 Å². The van der Waals surface area contributed by atoms with Crippen molar-refractivity contribution < 1.29 is 19.0 Å². The van der Waals surface area contributed by atoms with Gasteiger partial charge in [-0.05, 0) is 18.2 Å². The van der Waals surface area contributed by atoms with Crippen LogP contribution in [-0.2, 0) is 9.47 Å². The number of rotatable bonds is 3. The molecule has 2 atom stereocenters. The Morgan fingerprint density at radius 2 is 2.30 bits per heavy atom. The lowest BCUT2D eigenvalue weighted by Gasteiger charge is -2.37. The van der Waals surface area contributed by atoms with E-state index in [1.807, 2.05) is 12.1 Å². The third-order valence-corrected chi connectivity index (χ3v) is 4.40. The van der Waals surface area contributed by atoms with E-state index in [4.69, 9.17) is 14.2 Å². The van der Waals surface area contributed by atoms with Gasteiger partial charge in [0.25, 0.3) is 0 Å². The standard InChI is InChI=1S/C15H17BrO4/c16-12-1-2-14(11(7-12)9-17)20-13-3-5-19-15(8-13)4-6-18-10-15/h1-2,7,9,13H,3-6,8,10H2. The van der Waals surface area contributed by atoms with Crippen LogP contribution in [0.2, 0.25) is 0 Å². The summed E-state index contributed by atoms with van der Waals surface area (Å²) in [5, 5.41) is 0. The van der Waals surface area contributed by atoms with Crippen molar-refractivity contribution in [1.82, 2.24) is 0 Å². The largest absolute Gasteiger partial charge is 0.489 e. The Morgan fingerprint density at radius 3 is 3.05 bits per heavy atom. The average Bonchev–Trinajstić information content (AvgIpc) is 2.89. The Labute approximate surface area is 126 Å². The molecule has 0 saturated carbocycles. The lowest BCUT2D eigenvalue weighted by Crippen LogP contribution is -2.44. The van der Waals surface area contributed by atoms with Gasteiger partial charge in [-0.3, -0.25) is 4.79 Å². The van der Waals surface area contributed by atoms with Crippen molar-refractivity contribution in [3.63, 3.8) is 0 Å². The van der Waals surface area contributed by atoms with Crippen LogP contribution in [0, 0.1) is 0 Å². The molecule has 5 heteroatoms. The number of carbonyl (C=O) groups is 1. The summed E-state index contributed by atoms with van der Waals surface area (Å²) in [4.78, 5) is 11.1. The van der Waals surface area contributed by atoms with Crippen LogP contribution in [0.25, 0.3) is 0 Å². The van der Waals surface area contributed by atoms with E-state index in [9.17, 15) is 4.79 Å². The number of hydrogen-bond donors (Lipinski definition) is 0. The summed E-state index contributed by atoms with van der Waals surface area (Å²) in [6, 6.07) is 5.49. The van der Waals surface area contributed by atoms with Gasteiger partial charge in [-0.15, -0.1) is 0 Å². The topological polar surface area (TPSA) is 44.8 Å². The van der Waals surface area contributed by atoms with Crippen molar-refractivity contribution in [3.8, 4) is 5.75 Å². The average molecular weight is 341 g/mol. The molecule has 1 aromatic carbocycles. The highest BCUT2D eigenvalue weighted by atomic mass is 79.9. The number of benzene rings is 1. The molecule has 1 aromatic rings. The first-order chi connectivity index (χ1) is 9.71. The van der Waals surface area contributed by atoms with Gasteiger partial charge in [0.1, 0.15) is 11.9 Å². The van der Waals surface area contributed by atoms with Gasteiger partial charge in [-0.1, -0.05) is 15.9 Å². The van der Waals surface area contributed by atoms with Crippen molar-refractivity contribution in [3.05, 3.63) is 28.2 Å². The summed E-state index contributed by atoms with van der Waals surface area (Å²) in [6.07, 6.45) is 3.49. The quantitative estimate of drug-likeness (QED) is 0.793. The summed E-state index contributed by atoms with van der Waals surface area (Å²) in [6.45, 7) is 2.08. The van der Waals surface area contributed by atoms with Gasteiger partial charge in [0.05, 0.1) is 24.4 Å². The molecule has 2 fully saturated rings. The van der Waals surface area contributed by atoms with Gasteiger partial charge in [-0.25, -0.2) is 0 Å². The smallest absolute Gasteiger partial charge is 0.153 e. The van der Waals surface area contributed by atoms with Crippen molar-refractivity contribution in [2.45, 2.75) is 31.0 Å². The molecule has 3 rings (SSSR count). The van der Waals surface area contributed by atoms with Crippen molar-refractivity contribution in [2.24, 2.45) is 0 Å². The zero-order valence-corrected chi connectivity index (χ0v) is 12.7. The molecule has 0 radical (unpaired) electrons. The fourth-order valence-electron chi connectivity index (χ4n) is 2.85. The molecule has 1 spiro atoms. The summed E-state index contributed by atoms with van der Waals surface area (Å²) in [5.41, 5.74) is 0.391. The minimum absolute atomic E-state index is 0.0744. The molecule has 2 saturated heterocycles. The fraction of sp³-hybridized carbons (Fsp3) is 0.533. The number of halogens is 1. The van der Waals surface area contributed by atoms with Crippen molar-refractivity contribution in [2.75, 3.05) is 19.8 Å². The first-order valence-electron chi connectivity index (χ1n) is 6.84. The Morgan fingerprint density at radius 1 is 1.40 bits per heavy atom. The van der Waals surface area contributed by atoms with Gasteiger partial charge in [-0.2, -0.15) is 0 Å². The lowest BCUT2D eigenvalue weighted by atomic mass is 9.91. The Balaban J connectivity index is 1.72. The molecule has 2 heterocycles. The fourth-order valence-corrected chi connectivity index (χ4v) is 3.22. The summed E-state index contributed by atoms with van der Waals surface area (Å²) in [5.74, 6) is 0.643. The highest BCUT2D eigenvalue weighted by Crippen LogP contribution is 2.35. The summed E-state index contributed by atoms with van der Waals surface area (Å²) in [7, 11) is 0. The van der Waals surface area contributed by atoms with Crippen LogP contribution in [-0.4, -0.2) is 37.8 Å². The second-order valence-corrected chi connectivity index (χ2v) is 6.28. The highest BCUT2D eigenvalue weighted by Gasteiger charge is 2.41. The molecule has 108 valence electrons. The number of aldehydes is 1. The van der Waals surface area contributed by atoms with E-state index in [1.54, 1.807) is 6.07 Å². The third kappa shape index (κ3) is 2.90. The van der Waals surface area contributed by atoms with Crippen LogP contribution in [0.4, 0.5) is 0 Å². The molecule has 20 heavy (non-hydrogen) atoms. The van der Waals surface area contributed by atoms with E-state index < -0.39 is 0 Å². The molecule has 0 amide bonds. The Hall–Kier alpha value is -0.910. The first-order valence-corrected chi connectivity index (χ1v) is 7.63. The first kappa shape index (κ1) is 14.0. The van der Waals surface area contributed by atoms with Crippen molar-refractivity contribution in [1.29, 1.82) is 0 Å². The van der Waals surface area contributed by atoms with Crippen LogP contribution in [0.1, 0.15) is 29.6 Å². The second kappa shape index (κ2) is 5.84. The molecule has 0 bridgehead atoms. The Kier molecular flexibility index (Phi) is 4.10. The number of carbonyl (C=O) groups excluding carboxylic acids is 1. The minimum atomic E-state index is -0.181. The summed E-state index contributed by atoms with van der Waals surface area (Å²) >= 11 is 3.36. The van der Waals surface area contributed by atoms with E-state index in [0.29, 0.717) is 24.5 Å². The predicted octanol–water partition coefficient (Wildman–Crippen LogP) is 2.98. The van der Waals surface area contributed by atoms with E-state index in [2.05, 4.69) is 15.9 Å². The van der Waals surface area contributed by atoms with E-state index in [-0.39, 0.29) is 11.7 Å². The van der Waals surface area contributed by atoms with Gasteiger partial charge >= 0.3 is 0 Å². The monoisotopic (exact) mass is 340 g/mol. The van der Waals surface area contributed by atoms with Crippen LogP contribution < -0.4 is 4.74 Å². The number of ether oxygens (including phenoxy) is 3. The van der Waals surface area contributed by atoms with Gasteiger partial charge in [0.15, 0.2) is 6.29 Å². The molecule has 2 aliphatic heterocycles. The van der Waals surface area contributed by atoms with Crippen molar-refractivity contribution >= 4 is 22.2 Å². The van der Waals surface area contributed by atoms with E-state index >= 15 is 0 Å². The third-order valence-electron chi connectivity index (χ3n) is 3.91. The molecule has 2 unspecified atom stereocenters. The number of hydrogen-bond acceptors (Lipinski definition) is 4.